The molecule has 1 heterocycles. The minimum absolute atomic E-state index is 0.000382. The van der Waals surface area contributed by atoms with Crippen LogP contribution in [0.4, 0.5) is 8.78 Å². The summed E-state index contributed by atoms with van der Waals surface area (Å²) in [5.74, 6) is -2.28. The van der Waals surface area contributed by atoms with E-state index in [2.05, 4.69) is 4.99 Å². The van der Waals surface area contributed by atoms with E-state index < -0.39 is 5.92 Å². The van der Waals surface area contributed by atoms with Gasteiger partial charge in [0, 0.05) is 11.3 Å². The monoisotopic (exact) mass is 227 g/mol. The van der Waals surface area contributed by atoms with E-state index in [4.69, 9.17) is 0 Å². The van der Waals surface area contributed by atoms with Crippen LogP contribution >= 0.6 is 11.8 Å². The number of nitrogens with zero attached hydrogens (tertiary/aromatic N) is 1. The molecular formula is C11H11F2NS. The summed E-state index contributed by atoms with van der Waals surface area (Å²) in [6.45, 7) is 1.85. The van der Waals surface area contributed by atoms with Gasteiger partial charge < -0.3 is 0 Å². The Morgan fingerprint density at radius 1 is 1.33 bits per heavy atom. The molecule has 4 heteroatoms. The maximum Gasteiger partial charge on any atom is 0.320 e. The van der Waals surface area contributed by atoms with Crippen LogP contribution in [0.3, 0.4) is 0 Å². The molecule has 1 aromatic carbocycles. The zero-order chi connectivity index (χ0) is 10.9. The van der Waals surface area contributed by atoms with E-state index in [0.29, 0.717) is 5.75 Å². The highest BCUT2D eigenvalue weighted by Crippen LogP contribution is 2.37. The van der Waals surface area contributed by atoms with Crippen molar-refractivity contribution in [3.05, 3.63) is 35.9 Å². The highest BCUT2D eigenvalue weighted by molar-refractivity contribution is 8.14. The van der Waals surface area contributed by atoms with Gasteiger partial charge in [0.2, 0.25) is 0 Å². The Bertz CT molecular complexity index is 375. The molecule has 0 N–H and O–H groups in total. The van der Waals surface area contributed by atoms with Crippen molar-refractivity contribution in [1.29, 1.82) is 0 Å². The van der Waals surface area contributed by atoms with Crippen molar-refractivity contribution >= 4 is 16.8 Å². The average Bonchev–Trinajstić information content (AvgIpc) is 2.67. The van der Waals surface area contributed by atoms with Crippen LogP contribution in [0.1, 0.15) is 12.5 Å². The molecule has 80 valence electrons. The van der Waals surface area contributed by atoms with Crippen molar-refractivity contribution in [3.8, 4) is 0 Å². The van der Waals surface area contributed by atoms with Crippen molar-refractivity contribution in [3.63, 3.8) is 0 Å². The minimum atomic E-state index is -2.93. The lowest BCUT2D eigenvalue weighted by molar-refractivity contribution is 0.0797. The van der Waals surface area contributed by atoms with Crippen molar-refractivity contribution in [2.45, 2.75) is 18.9 Å². The lowest BCUT2D eigenvalue weighted by Gasteiger charge is -2.15. The SMILES string of the molecule is CC1CSC(C(F)(F)c2ccccc2)=N1. The number of halogens is 2. The van der Waals surface area contributed by atoms with Gasteiger partial charge in [0.15, 0.2) is 0 Å². The first-order chi connectivity index (χ1) is 7.10. The third kappa shape index (κ3) is 2.04. The van der Waals surface area contributed by atoms with Crippen LogP contribution < -0.4 is 0 Å². The van der Waals surface area contributed by atoms with Gasteiger partial charge in [0.05, 0.1) is 6.04 Å². The standard InChI is InChI=1S/C11H11F2NS/c1-8-7-15-10(14-8)11(12,13)9-5-3-2-4-6-9/h2-6,8H,7H2,1H3. The van der Waals surface area contributed by atoms with E-state index >= 15 is 0 Å². The second kappa shape index (κ2) is 3.93. The first-order valence-corrected chi connectivity index (χ1v) is 5.73. The zero-order valence-corrected chi connectivity index (χ0v) is 9.10. The van der Waals surface area contributed by atoms with Gasteiger partial charge in [0.1, 0.15) is 5.04 Å². The molecule has 2 rings (SSSR count). The molecule has 0 saturated carbocycles. The lowest BCUT2D eigenvalue weighted by Crippen LogP contribution is -2.22. The molecule has 0 spiro atoms. The van der Waals surface area contributed by atoms with Crippen LogP contribution in [0, 0.1) is 0 Å². The van der Waals surface area contributed by atoms with Crippen molar-refractivity contribution in [2.24, 2.45) is 4.99 Å². The molecule has 1 aliphatic rings. The van der Waals surface area contributed by atoms with E-state index in [1.165, 1.54) is 12.1 Å². The van der Waals surface area contributed by atoms with Crippen LogP contribution in [0.2, 0.25) is 0 Å². The van der Waals surface area contributed by atoms with Gasteiger partial charge in [0.25, 0.3) is 0 Å². The van der Waals surface area contributed by atoms with Crippen molar-refractivity contribution < 1.29 is 8.78 Å². The number of rotatable bonds is 2. The Labute approximate surface area is 91.6 Å². The fraction of sp³-hybridized carbons (Fsp3) is 0.364. The molecule has 0 fully saturated rings. The van der Waals surface area contributed by atoms with E-state index in [1.54, 1.807) is 18.2 Å². The molecule has 0 bridgehead atoms. The van der Waals surface area contributed by atoms with E-state index in [1.807, 2.05) is 6.92 Å². The maximum absolute atomic E-state index is 13.9. The van der Waals surface area contributed by atoms with Crippen LogP contribution in [0.25, 0.3) is 0 Å². The molecule has 1 nitrogen and oxygen atoms in total. The van der Waals surface area contributed by atoms with Gasteiger partial charge >= 0.3 is 5.92 Å². The topological polar surface area (TPSA) is 12.4 Å². The summed E-state index contributed by atoms with van der Waals surface area (Å²) in [6.07, 6.45) is 0. The summed E-state index contributed by atoms with van der Waals surface area (Å²) in [4.78, 5) is 3.97. The van der Waals surface area contributed by atoms with E-state index in [9.17, 15) is 8.78 Å². The Kier molecular flexibility index (Phi) is 2.78. The summed E-state index contributed by atoms with van der Waals surface area (Å²) in [5, 5.41) is -0.0544. The molecular weight excluding hydrogens is 216 g/mol. The molecule has 0 radical (unpaired) electrons. The molecule has 0 aliphatic carbocycles. The molecule has 1 aromatic rings. The third-order valence-corrected chi connectivity index (χ3v) is 3.49. The fourth-order valence-corrected chi connectivity index (χ4v) is 2.44. The van der Waals surface area contributed by atoms with Gasteiger partial charge in [-0.25, -0.2) is 0 Å². The Balaban J connectivity index is 2.31. The molecule has 15 heavy (non-hydrogen) atoms. The molecule has 1 atom stereocenters. The average molecular weight is 227 g/mol. The summed E-state index contributed by atoms with van der Waals surface area (Å²) >= 11 is 1.15. The summed E-state index contributed by atoms with van der Waals surface area (Å²) < 4.78 is 27.8. The van der Waals surface area contributed by atoms with E-state index in [-0.39, 0.29) is 16.6 Å². The summed E-state index contributed by atoms with van der Waals surface area (Å²) in [7, 11) is 0. The first-order valence-electron chi connectivity index (χ1n) is 4.75. The van der Waals surface area contributed by atoms with Gasteiger partial charge in [-0.1, -0.05) is 30.3 Å². The smallest absolute Gasteiger partial charge is 0.273 e. The maximum atomic E-state index is 13.9. The van der Waals surface area contributed by atoms with Crippen molar-refractivity contribution in [2.75, 3.05) is 5.75 Å². The predicted molar refractivity (Wildman–Crippen MR) is 59.7 cm³/mol. The van der Waals surface area contributed by atoms with Crippen LogP contribution in [-0.4, -0.2) is 16.8 Å². The Hall–Kier alpha value is -0.900. The quantitative estimate of drug-likeness (QED) is 0.755. The molecule has 0 saturated heterocycles. The third-order valence-electron chi connectivity index (χ3n) is 2.20. The second-order valence-corrected chi connectivity index (χ2v) is 4.54. The zero-order valence-electron chi connectivity index (χ0n) is 8.28. The number of alkyl halides is 2. The Morgan fingerprint density at radius 2 is 2.00 bits per heavy atom. The largest absolute Gasteiger partial charge is 0.320 e. The highest BCUT2D eigenvalue weighted by Gasteiger charge is 2.40. The molecule has 1 unspecified atom stereocenters. The van der Waals surface area contributed by atoms with Gasteiger partial charge in [-0.05, 0) is 6.92 Å². The van der Waals surface area contributed by atoms with Gasteiger partial charge in [-0.2, -0.15) is 8.78 Å². The molecule has 0 amide bonds. The number of hydrogen-bond acceptors (Lipinski definition) is 2. The molecule has 1 aliphatic heterocycles. The van der Waals surface area contributed by atoms with Crippen LogP contribution in [-0.2, 0) is 5.92 Å². The predicted octanol–water partition coefficient (Wildman–Crippen LogP) is 3.31. The van der Waals surface area contributed by atoms with Gasteiger partial charge in [-0.3, -0.25) is 4.99 Å². The van der Waals surface area contributed by atoms with Gasteiger partial charge in [-0.15, -0.1) is 11.8 Å². The fourth-order valence-electron chi connectivity index (χ4n) is 1.42. The van der Waals surface area contributed by atoms with Crippen LogP contribution in [0.5, 0.6) is 0 Å². The second-order valence-electron chi connectivity index (χ2n) is 3.53. The van der Waals surface area contributed by atoms with Crippen molar-refractivity contribution in [1.82, 2.24) is 0 Å². The highest BCUT2D eigenvalue weighted by atomic mass is 32.2. The number of thioether (sulfide) groups is 1. The lowest BCUT2D eigenvalue weighted by atomic mass is 10.1. The first kappa shape index (κ1) is 10.6. The number of benzene rings is 1. The van der Waals surface area contributed by atoms with E-state index in [0.717, 1.165) is 11.8 Å². The summed E-state index contributed by atoms with van der Waals surface area (Å²) in [6, 6.07) is 7.84. The molecule has 0 aromatic heterocycles. The normalized spacial score (nSPS) is 21.5. The number of hydrogen-bond donors (Lipinski definition) is 0. The summed E-state index contributed by atoms with van der Waals surface area (Å²) in [5.41, 5.74) is 0.0188. The Morgan fingerprint density at radius 3 is 2.53 bits per heavy atom. The number of aliphatic imine (C=N–C) groups is 1. The van der Waals surface area contributed by atoms with Crippen LogP contribution in [0.15, 0.2) is 35.3 Å². The minimum Gasteiger partial charge on any atom is -0.273 e.